The van der Waals surface area contributed by atoms with E-state index in [4.69, 9.17) is 14.4 Å². The van der Waals surface area contributed by atoms with Crippen LogP contribution in [0.25, 0.3) is 22.8 Å². The van der Waals surface area contributed by atoms with Crippen LogP contribution in [0.15, 0.2) is 28.8 Å². The Labute approximate surface area is 217 Å². The van der Waals surface area contributed by atoms with Crippen molar-refractivity contribution < 1.29 is 24.3 Å². The first-order chi connectivity index (χ1) is 17.8. The molecule has 0 fully saturated rings. The summed E-state index contributed by atoms with van der Waals surface area (Å²) in [4.78, 5) is 22.7. The Kier molecular flexibility index (Phi) is 9.99. The summed E-state index contributed by atoms with van der Waals surface area (Å²) in [5.41, 5.74) is 4.36. The Hall–Kier alpha value is -3.50. The Balaban J connectivity index is 1.84. The van der Waals surface area contributed by atoms with Crippen LogP contribution in [0, 0.1) is 13.8 Å². The number of carbonyl (C=O) groups excluding carboxylic acids is 1. The molecule has 3 aromatic rings. The maximum atomic E-state index is 11.2. The molecule has 200 valence electrons. The van der Waals surface area contributed by atoms with Gasteiger partial charge in [0.1, 0.15) is 30.9 Å². The van der Waals surface area contributed by atoms with Crippen LogP contribution in [0.1, 0.15) is 44.0 Å². The van der Waals surface area contributed by atoms with E-state index in [1.54, 1.807) is 0 Å². The zero-order valence-electron chi connectivity index (χ0n) is 22.2. The minimum Gasteiger partial charge on any atom is -0.490 e. The fourth-order valence-electron chi connectivity index (χ4n) is 4.11. The number of pyridine rings is 1. The van der Waals surface area contributed by atoms with Gasteiger partial charge in [-0.15, -0.1) is 0 Å². The molecule has 0 saturated heterocycles. The van der Waals surface area contributed by atoms with Gasteiger partial charge in [0.05, 0.1) is 0 Å². The fourth-order valence-corrected chi connectivity index (χ4v) is 4.11. The third kappa shape index (κ3) is 7.27. The van der Waals surface area contributed by atoms with Gasteiger partial charge in [0.25, 0.3) is 5.89 Å². The number of hydrogen-bond acceptors (Lipinski definition) is 9. The molecule has 0 aliphatic heterocycles. The lowest BCUT2D eigenvalue weighted by atomic mass is 10.0. The van der Waals surface area contributed by atoms with Gasteiger partial charge < -0.3 is 29.7 Å². The van der Waals surface area contributed by atoms with Crippen LogP contribution in [0.5, 0.6) is 5.75 Å². The highest BCUT2D eigenvalue weighted by atomic mass is 16.5. The van der Waals surface area contributed by atoms with E-state index in [9.17, 15) is 9.90 Å². The number of aromatic nitrogens is 3. The van der Waals surface area contributed by atoms with Gasteiger partial charge in [-0.3, -0.25) is 4.79 Å². The van der Waals surface area contributed by atoms with Crippen LogP contribution in [-0.4, -0.2) is 70.2 Å². The number of hydrogen-bond donors (Lipinski definition) is 3. The quantitative estimate of drug-likeness (QED) is 0.316. The van der Waals surface area contributed by atoms with Crippen LogP contribution in [0.2, 0.25) is 0 Å². The summed E-state index contributed by atoms with van der Waals surface area (Å²) in [6, 6.07) is 7.82. The number of aryl methyl sites for hydroxylation is 3. The molecule has 1 unspecified atom stereocenters. The number of carbonyl (C=O) groups is 1. The molecular weight excluding hydrogens is 474 g/mol. The third-order valence-electron chi connectivity index (χ3n) is 5.93. The topological polar surface area (TPSA) is 134 Å². The molecule has 3 N–H and O–H groups in total. The Morgan fingerprint density at radius 1 is 1.11 bits per heavy atom. The second-order valence-electron chi connectivity index (χ2n) is 8.91. The Morgan fingerprint density at radius 2 is 1.86 bits per heavy atom. The van der Waals surface area contributed by atoms with Crippen molar-refractivity contribution in [2.75, 3.05) is 37.7 Å². The number of amides is 1. The number of ether oxygens (including phenoxy) is 1. The highest BCUT2D eigenvalue weighted by molar-refractivity contribution is 5.76. The van der Waals surface area contributed by atoms with Crippen molar-refractivity contribution in [1.82, 2.24) is 20.4 Å². The van der Waals surface area contributed by atoms with Crippen LogP contribution < -0.4 is 15.0 Å². The molecule has 2 aromatic heterocycles. The molecule has 0 aliphatic carbocycles. The predicted molar refractivity (Wildman–Crippen MR) is 142 cm³/mol. The molecule has 3 rings (SSSR count). The van der Waals surface area contributed by atoms with Crippen LogP contribution in [0.4, 0.5) is 5.82 Å². The van der Waals surface area contributed by atoms with Gasteiger partial charge in [0, 0.05) is 36.5 Å². The van der Waals surface area contributed by atoms with E-state index in [1.807, 2.05) is 38.1 Å². The van der Waals surface area contributed by atoms with Crippen molar-refractivity contribution >= 4 is 11.7 Å². The molecule has 1 amide bonds. The molecule has 0 bridgehead atoms. The summed E-state index contributed by atoms with van der Waals surface area (Å²) >= 11 is 0. The maximum absolute atomic E-state index is 11.2. The van der Waals surface area contributed by atoms with Gasteiger partial charge in [0.2, 0.25) is 11.7 Å². The monoisotopic (exact) mass is 511 g/mol. The van der Waals surface area contributed by atoms with Crippen molar-refractivity contribution in [3.63, 3.8) is 0 Å². The van der Waals surface area contributed by atoms with E-state index < -0.39 is 18.6 Å². The van der Waals surface area contributed by atoms with Gasteiger partial charge in [-0.05, 0) is 69.5 Å². The second-order valence-corrected chi connectivity index (χ2v) is 8.91. The number of nitrogens with zero attached hydrogens (tertiary/aromatic N) is 4. The van der Waals surface area contributed by atoms with E-state index >= 15 is 0 Å². The lowest BCUT2D eigenvalue weighted by Crippen LogP contribution is -2.36. The molecule has 10 heteroatoms. The lowest BCUT2D eigenvalue weighted by Gasteiger charge is -2.20. The Bertz CT molecular complexity index is 1190. The number of anilines is 1. The summed E-state index contributed by atoms with van der Waals surface area (Å²) in [6.45, 7) is 11.2. The first-order valence-corrected chi connectivity index (χ1v) is 12.7. The average molecular weight is 512 g/mol. The zero-order valence-corrected chi connectivity index (χ0v) is 22.2. The van der Waals surface area contributed by atoms with Crippen molar-refractivity contribution in [2.45, 2.75) is 53.6 Å². The SMILES string of the molecule is CCCc1cc(-c2noc(-c3cc(C)nc(N(CC)CC)c3)n2)cc(C)c1OCC(O)CNC(=O)CO. The second kappa shape index (κ2) is 13.2. The van der Waals surface area contributed by atoms with Gasteiger partial charge >= 0.3 is 0 Å². The fraction of sp³-hybridized carbons (Fsp3) is 0.481. The van der Waals surface area contributed by atoms with Crippen LogP contribution in [0.3, 0.4) is 0 Å². The van der Waals surface area contributed by atoms with Crippen molar-refractivity contribution in [1.29, 1.82) is 0 Å². The van der Waals surface area contributed by atoms with E-state index in [2.05, 4.69) is 46.1 Å². The molecule has 0 spiro atoms. The summed E-state index contributed by atoms with van der Waals surface area (Å²) in [6.07, 6.45) is 0.757. The lowest BCUT2D eigenvalue weighted by molar-refractivity contribution is -0.124. The minimum atomic E-state index is -0.908. The standard InChI is InChI=1S/C27H37N5O5/c1-6-9-19-12-20(10-17(4)25(19)36-16-22(34)14-28-24(35)15-33)26-30-27(37-31-26)21-11-18(5)29-23(13-21)32(7-2)8-3/h10-13,22,33-34H,6-9,14-16H2,1-5H3,(H,28,35). The molecular formula is C27H37N5O5. The van der Waals surface area contributed by atoms with Gasteiger partial charge in [-0.1, -0.05) is 18.5 Å². The summed E-state index contributed by atoms with van der Waals surface area (Å²) in [7, 11) is 0. The van der Waals surface area contributed by atoms with Gasteiger partial charge in [-0.25, -0.2) is 4.98 Å². The molecule has 0 radical (unpaired) electrons. The highest BCUT2D eigenvalue weighted by Crippen LogP contribution is 2.32. The third-order valence-corrected chi connectivity index (χ3v) is 5.93. The van der Waals surface area contributed by atoms with Crippen molar-refractivity contribution in [2.24, 2.45) is 0 Å². The number of aliphatic hydroxyl groups excluding tert-OH is 2. The largest absolute Gasteiger partial charge is 0.490 e. The first-order valence-electron chi connectivity index (χ1n) is 12.7. The predicted octanol–water partition coefficient (Wildman–Crippen LogP) is 3.06. The number of nitrogens with one attached hydrogen (secondary N) is 1. The van der Waals surface area contributed by atoms with Crippen molar-refractivity contribution in [3.05, 3.63) is 41.1 Å². The molecule has 0 aliphatic rings. The summed E-state index contributed by atoms with van der Waals surface area (Å²) in [5, 5.41) is 25.6. The van der Waals surface area contributed by atoms with Gasteiger partial charge in [-0.2, -0.15) is 4.98 Å². The van der Waals surface area contributed by atoms with Crippen molar-refractivity contribution in [3.8, 4) is 28.6 Å². The summed E-state index contributed by atoms with van der Waals surface area (Å²) in [5.74, 6) is 1.93. The smallest absolute Gasteiger partial charge is 0.258 e. The highest BCUT2D eigenvalue weighted by Gasteiger charge is 2.18. The molecule has 10 nitrogen and oxygen atoms in total. The van der Waals surface area contributed by atoms with Gasteiger partial charge in [0.15, 0.2) is 0 Å². The molecule has 1 atom stereocenters. The van der Waals surface area contributed by atoms with E-state index in [0.29, 0.717) is 17.5 Å². The zero-order chi connectivity index (χ0) is 26.9. The minimum absolute atomic E-state index is 0.00423. The summed E-state index contributed by atoms with van der Waals surface area (Å²) < 4.78 is 11.6. The Morgan fingerprint density at radius 3 is 2.54 bits per heavy atom. The van der Waals surface area contributed by atoms with Crippen LogP contribution >= 0.6 is 0 Å². The first kappa shape index (κ1) is 28.1. The number of aliphatic hydroxyl groups is 2. The van der Waals surface area contributed by atoms with E-state index in [1.165, 1.54) is 0 Å². The molecule has 37 heavy (non-hydrogen) atoms. The van der Waals surface area contributed by atoms with Crippen LogP contribution in [-0.2, 0) is 11.2 Å². The average Bonchev–Trinajstić information content (AvgIpc) is 3.38. The number of rotatable bonds is 13. The maximum Gasteiger partial charge on any atom is 0.258 e. The molecule has 2 heterocycles. The number of benzene rings is 1. The molecule has 0 saturated carbocycles. The molecule has 1 aromatic carbocycles. The normalized spacial score (nSPS) is 11.9. The van der Waals surface area contributed by atoms with E-state index in [0.717, 1.165) is 59.7 Å². The van der Waals surface area contributed by atoms with E-state index in [-0.39, 0.29) is 13.2 Å².